The van der Waals surface area contributed by atoms with Crippen LogP contribution in [0.3, 0.4) is 0 Å². The lowest BCUT2D eigenvalue weighted by Gasteiger charge is -2.22. The molecule has 1 fully saturated rings. The minimum Gasteiger partial charge on any atom is -0.484 e. The average Bonchev–Trinajstić information content (AvgIpc) is 2.54. The number of nitrogens with zero attached hydrogens (tertiary/aromatic N) is 1. The van der Waals surface area contributed by atoms with Crippen LogP contribution >= 0.6 is 0 Å². The van der Waals surface area contributed by atoms with Gasteiger partial charge < -0.3 is 10.1 Å². The van der Waals surface area contributed by atoms with Gasteiger partial charge in [0.1, 0.15) is 5.75 Å². The van der Waals surface area contributed by atoms with E-state index in [0.717, 1.165) is 25.7 Å². The van der Waals surface area contributed by atoms with Gasteiger partial charge in [-0.15, -0.1) is 0 Å². The van der Waals surface area contributed by atoms with Crippen LogP contribution in [0.1, 0.15) is 37.7 Å². The topological polar surface area (TPSA) is 91.2 Å². The van der Waals surface area contributed by atoms with Crippen LogP contribution in [0.15, 0.2) is 24.3 Å². The summed E-state index contributed by atoms with van der Waals surface area (Å²) >= 11 is 0. The van der Waals surface area contributed by atoms with Crippen molar-refractivity contribution < 1.29 is 14.3 Å². The highest BCUT2D eigenvalue weighted by Crippen LogP contribution is 2.17. The van der Waals surface area contributed by atoms with E-state index >= 15 is 0 Å². The van der Waals surface area contributed by atoms with E-state index in [0.29, 0.717) is 11.3 Å². The van der Waals surface area contributed by atoms with E-state index in [1.165, 1.54) is 6.42 Å². The van der Waals surface area contributed by atoms with Gasteiger partial charge in [0.15, 0.2) is 6.61 Å². The first-order valence-electron chi connectivity index (χ1n) is 7.40. The molecule has 1 aliphatic carbocycles. The molecule has 116 valence electrons. The number of ether oxygens (including phenoxy) is 1. The molecule has 0 radical (unpaired) electrons. The summed E-state index contributed by atoms with van der Waals surface area (Å²) in [6.07, 6.45) is 5.35. The second kappa shape index (κ2) is 8.03. The number of amides is 3. The first-order chi connectivity index (χ1) is 10.7. The molecule has 22 heavy (non-hydrogen) atoms. The smallest absolute Gasteiger partial charge is 0.321 e. The predicted octanol–water partition coefficient (Wildman–Crippen LogP) is 2.10. The number of rotatable bonds is 4. The quantitative estimate of drug-likeness (QED) is 0.891. The highest BCUT2D eigenvalue weighted by molar-refractivity contribution is 5.95. The van der Waals surface area contributed by atoms with Gasteiger partial charge in [-0.05, 0) is 37.1 Å². The standard InChI is InChI=1S/C16H19N3O3/c17-10-12-6-8-14(9-7-12)22-11-15(20)19-16(21)18-13-4-2-1-3-5-13/h6-9,13H,1-5,11H2,(H2,18,19,20,21). The molecule has 3 amide bonds. The van der Waals surface area contributed by atoms with Crippen LogP contribution in [-0.4, -0.2) is 24.6 Å². The van der Waals surface area contributed by atoms with Crippen LogP contribution in [0.4, 0.5) is 4.79 Å². The molecule has 0 aromatic heterocycles. The molecule has 0 saturated heterocycles. The minimum absolute atomic E-state index is 0.154. The van der Waals surface area contributed by atoms with E-state index < -0.39 is 11.9 Å². The molecular weight excluding hydrogens is 282 g/mol. The van der Waals surface area contributed by atoms with Crippen LogP contribution in [0.25, 0.3) is 0 Å². The highest BCUT2D eigenvalue weighted by Gasteiger charge is 2.16. The Bertz CT molecular complexity index is 557. The number of hydrogen-bond donors (Lipinski definition) is 2. The summed E-state index contributed by atoms with van der Waals surface area (Å²) in [5, 5.41) is 13.7. The highest BCUT2D eigenvalue weighted by atomic mass is 16.5. The fourth-order valence-electron chi connectivity index (χ4n) is 2.41. The van der Waals surface area contributed by atoms with E-state index in [-0.39, 0.29) is 12.6 Å². The lowest BCUT2D eigenvalue weighted by atomic mass is 9.96. The first-order valence-corrected chi connectivity index (χ1v) is 7.40. The first kappa shape index (κ1) is 15.8. The maximum Gasteiger partial charge on any atom is 0.321 e. The number of urea groups is 1. The van der Waals surface area contributed by atoms with Gasteiger partial charge in [0.05, 0.1) is 11.6 Å². The third kappa shape index (κ3) is 5.09. The Labute approximate surface area is 129 Å². The summed E-state index contributed by atoms with van der Waals surface area (Å²) in [6.45, 7) is -0.246. The van der Waals surface area contributed by atoms with Crippen molar-refractivity contribution in [3.05, 3.63) is 29.8 Å². The van der Waals surface area contributed by atoms with E-state index in [1.54, 1.807) is 24.3 Å². The Balaban J connectivity index is 1.70. The van der Waals surface area contributed by atoms with Crippen LogP contribution in [0.5, 0.6) is 5.75 Å². The number of nitrogens with one attached hydrogen (secondary N) is 2. The number of carbonyl (C=O) groups is 2. The zero-order chi connectivity index (χ0) is 15.8. The van der Waals surface area contributed by atoms with Gasteiger partial charge in [-0.25, -0.2) is 4.79 Å². The third-order valence-corrected chi connectivity index (χ3v) is 3.55. The van der Waals surface area contributed by atoms with Crippen molar-refractivity contribution in [2.45, 2.75) is 38.1 Å². The van der Waals surface area contributed by atoms with Gasteiger partial charge in [0.25, 0.3) is 5.91 Å². The summed E-state index contributed by atoms with van der Waals surface area (Å²) < 4.78 is 5.26. The van der Waals surface area contributed by atoms with Crippen molar-refractivity contribution >= 4 is 11.9 Å². The minimum atomic E-state index is -0.502. The van der Waals surface area contributed by atoms with Crippen molar-refractivity contribution in [2.75, 3.05) is 6.61 Å². The molecule has 6 heteroatoms. The maximum absolute atomic E-state index is 11.7. The van der Waals surface area contributed by atoms with Gasteiger partial charge in [-0.1, -0.05) is 19.3 Å². The Morgan fingerprint density at radius 3 is 2.50 bits per heavy atom. The van der Waals surface area contributed by atoms with Crippen molar-refractivity contribution in [3.8, 4) is 11.8 Å². The number of benzene rings is 1. The van der Waals surface area contributed by atoms with Crippen molar-refractivity contribution in [1.29, 1.82) is 5.26 Å². The molecule has 1 saturated carbocycles. The zero-order valence-corrected chi connectivity index (χ0v) is 12.3. The van der Waals surface area contributed by atoms with E-state index in [1.807, 2.05) is 6.07 Å². The fourth-order valence-corrected chi connectivity index (χ4v) is 2.41. The number of nitriles is 1. The molecular formula is C16H19N3O3. The van der Waals surface area contributed by atoms with Crippen molar-refractivity contribution in [3.63, 3.8) is 0 Å². The normalized spacial score (nSPS) is 14.7. The molecule has 1 aromatic carbocycles. The summed E-state index contributed by atoms with van der Waals surface area (Å²) in [7, 11) is 0. The molecule has 2 N–H and O–H groups in total. The molecule has 0 heterocycles. The largest absolute Gasteiger partial charge is 0.484 e. The van der Waals surface area contributed by atoms with E-state index in [9.17, 15) is 9.59 Å². The molecule has 6 nitrogen and oxygen atoms in total. The van der Waals surface area contributed by atoms with E-state index in [4.69, 9.17) is 10.00 Å². The summed E-state index contributed by atoms with van der Waals surface area (Å²) in [5.74, 6) is -0.0282. The summed E-state index contributed by atoms with van der Waals surface area (Å²) in [4.78, 5) is 23.3. The average molecular weight is 301 g/mol. The monoisotopic (exact) mass is 301 g/mol. The lowest BCUT2D eigenvalue weighted by molar-refractivity contribution is -0.122. The van der Waals surface area contributed by atoms with Gasteiger partial charge in [-0.2, -0.15) is 5.26 Å². The Hall–Kier alpha value is -2.55. The number of hydrogen-bond acceptors (Lipinski definition) is 4. The summed E-state index contributed by atoms with van der Waals surface area (Å²) in [6, 6.07) is 8.09. The molecule has 1 aliphatic rings. The van der Waals surface area contributed by atoms with Crippen LogP contribution in [0.2, 0.25) is 0 Å². The second-order valence-electron chi connectivity index (χ2n) is 5.28. The van der Waals surface area contributed by atoms with Gasteiger partial charge in [0.2, 0.25) is 0 Å². The lowest BCUT2D eigenvalue weighted by Crippen LogP contribution is -2.46. The molecule has 2 rings (SSSR count). The fraction of sp³-hybridized carbons (Fsp3) is 0.438. The van der Waals surface area contributed by atoms with Crippen LogP contribution in [-0.2, 0) is 4.79 Å². The number of carbonyl (C=O) groups excluding carboxylic acids is 2. The third-order valence-electron chi connectivity index (χ3n) is 3.55. The summed E-state index contributed by atoms with van der Waals surface area (Å²) in [5.41, 5.74) is 0.517. The van der Waals surface area contributed by atoms with Gasteiger partial charge in [0, 0.05) is 6.04 Å². The number of imide groups is 1. The zero-order valence-electron chi connectivity index (χ0n) is 12.3. The molecule has 1 aromatic rings. The molecule has 0 atom stereocenters. The Morgan fingerprint density at radius 2 is 1.86 bits per heavy atom. The molecule has 0 spiro atoms. The molecule has 0 unspecified atom stereocenters. The van der Waals surface area contributed by atoms with E-state index in [2.05, 4.69) is 10.6 Å². The van der Waals surface area contributed by atoms with Crippen molar-refractivity contribution in [2.24, 2.45) is 0 Å². The van der Waals surface area contributed by atoms with Crippen LogP contribution < -0.4 is 15.4 Å². The Morgan fingerprint density at radius 1 is 1.18 bits per heavy atom. The Kier molecular flexibility index (Phi) is 5.78. The maximum atomic E-state index is 11.7. The van der Waals surface area contributed by atoms with Crippen molar-refractivity contribution in [1.82, 2.24) is 10.6 Å². The predicted molar refractivity (Wildman–Crippen MR) is 80.2 cm³/mol. The SMILES string of the molecule is N#Cc1ccc(OCC(=O)NC(=O)NC2CCCCC2)cc1. The second-order valence-corrected chi connectivity index (χ2v) is 5.28. The van der Waals surface area contributed by atoms with Gasteiger partial charge >= 0.3 is 6.03 Å². The molecule has 0 aliphatic heterocycles. The molecule has 0 bridgehead atoms. The van der Waals surface area contributed by atoms with Gasteiger partial charge in [-0.3, -0.25) is 10.1 Å². The van der Waals surface area contributed by atoms with Crippen LogP contribution in [0, 0.1) is 11.3 Å².